The molecule has 0 spiro atoms. The van der Waals surface area contributed by atoms with Crippen LogP contribution in [-0.4, -0.2) is 54.4 Å². The van der Waals surface area contributed by atoms with Gasteiger partial charge in [0.25, 0.3) is 0 Å². The Morgan fingerprint density at radius 2 is 2.00 bits per heavy atom. The van der Waals surface area contributed by atoms with E-state index in [4.69, 9.17) is 9.84 Å². The van der Waals surface area contributed by atoms with Crippen molar-refractivity contribution in [3.63, 3.8) is 0 Å². The minimum absolute atomic E-state index is 0.173. The first-order valence-corrected chi connectivity index (χ1v) is 7.23. The van der Waals surface area contributed by atoms with E-state index in [1.807, 2.05) is 6.92 Å². The van der Waals surface area contributed by atoms with Crippen LogP contribution >= 0.6 is 0 Å². The molecule has 0 aromatic rings. The number of hydrogen-bond donors (Lipinski definition) is 2. The summed E-state index contributed by atoms with van der Waals surface area (Å²) in [5.41, 5.74) is 0. The van der Waals surface area contributed by atoms with E-state index in [0.29, 0.717) is 24.9 Å². The molecule has 0 bridgehead atoms. The van der Waals surface area contributed by atoms with Crippen LogP contribution in [0.4, 0.5) is 4.79 Å². The molecule has 20 heavy (non-hydrogen) atoms. The van der Waals surface area contributed by atoms with Gasteiger partial charge in [-0.2, -0.15) is 0 Å². The number of nitrogens with zero attached hydrogens (tertiary/aromatic N) is 1. The van der Waals surface area contributed by atoms with E-state index in [-0.39, 0.29) is 25.3 Å². The van der Waals surface area contributed by atoms with Crippen LogP contribution in [0.1, 0.15) is 27.7 Å². The zero-order valence-corrected chi connectivity index (χ0v) is 12.8. The van der Waals surface area contributed by atoms with E-state index in [0.717, 1.165) is 0 Å². The molecule has 1 aliphatic rings. The standard InChI is InChI=1S/C14H26N2O4/c1-5-16(12-8-20-7-11(12)13(17)18)14(19)15-6-10(4)9(2)3/h9-12H,5-8H2,1-4H3,(H,15,19)(H,17,18). The largest absolute Gasteiger partial charge is 0.481 e. The molecular formula is C14H26N2O4. The highest BCUT2D eigenvalue weighted by Crippen LogP contribution is 2.20. The van der Waals surface area contributed by atoms with Gasteiger partial charge >= 0.3 is 12.0 Å². The Hall–Kier alpha value is -1.30. The number of carbonyl (C=O) groups excluding carboxylic acids is 1. The lowest BCUT2D eigenvalue weighted by Crippen LogP contribution is -2.51. The van der Waals surface area contributed by atoms with Crippen molar-refractivity contribution in [2.45, 2.75) is 33.7 Å². The summed E-state index contributed by atoms with van der Waals surface area (Å²) in [4.78, 5) is 25.0. The average Bonchev–Trinajstić information content (AvgIpc) is 2.85. The molecule has 0 aromatic carbocycles. The van der Waals surface area contributed by atoms with Crippen LogP contribution < -0.4 is 5.32 Å². The van der Waals surface area contributed by atoms with E-state index < -0.39 is 11.9 Å². The minimum Gasteiger partial charge on any atom is -0.481 e. The number of nitrogens with one attached hydrogen (secondary N) is 1. The van der Waals surface area contributed by atoms with Crippen LogP contribution in [0, 0.1) is 17.8 Å². The van der Waals surface area contributed by atoms with Gasteiger partial charge in [0.05, 0.1) is 19.3 Å². The molecule has 1 heterocycles. The number of hydrogen-bond acceptors (Lipinski definition) is 3. The predicted octanol–water partition coefficient (Wildman–Crippen LogP) is 1.41. The van der Waals surface area contributed by atoms with Crippen molar-refractivity contribution in [3.8, 4) is 0 Å². The maximum atomic E-state index is 12.2. The predicted molar refractivity (Wildman–Crippen MR) is 75.5 cm³/mol. The van der Waals surface area contributed by atoms with Crippen molar-refractivity contribution in [2.24, 2.45) is 17.8 Å². The van der Waals surface area contributed by atoms with Crippen LogP contribution in [0.3, 0.4) is 0 Å². The minimum atomic E-state index is -0.908. The van der Waals surface area contributed by atoms with E-state index >= 15 is 0 Å². The second-order valence-electron chi connectivity index (χ2n) is 5.74. The molecule has 1 aliphatic heterocycles. The van der Waals surface area contributed by atoms with Crippen LogP contribution in [0.15, 0.2) is 0 Å². The van der Waals surface area contributed by atoms with Crippen LogP contribution in [0.5, 0.6) is 0 Å². The monoisotopic (exact) mass is 286 g/mol. The lowest BCUT2D eigenvalue weighted by Gasteiger charge is -2.30. The Kier molecular flexibility index (Phi) is 6.26. The lowest BCUT2D eigenvalue weighted by molar-refractivity contribution is -0.142. The molecule has 0 aliphatic carbocycles. The molecule has 1 rings (SSSR count). The molecule has 2 N–H and O–H groups in total. The molecule has 0 radical (unpaired) electrons. The molecule has 2 amide bonds. The third-order valence-corrected chi connectivity index (χ3v) is 4.08. The zero-order valence-electron chi connectivity index (χ0n) is 12.8. The molecule has 116 valence electrons. The highest BCUT2D eigenvalue weighted by molar-refractivity contribution is 5.77. The quantitative estimate of drug-likeness (QED) is 0.774. The van der Waals surface area contributed by atoms with E-state index in [1.54, 1.807) is 4.90 Å². The molecule has 6 nitrogen and oxygen atoms in total. The fraction of sp³-hybridized carbons (Fsp3) is 0.857. The van der Waals surface area contributed by atoms with Crippen LogP contribution in [-0.2, 0) is 9.53 Å². The Morgan fingerprint density at radius 3 is 2.50 bits per heavy atom. The second kappa shape index (κ2) is 7.47. The van der Waals surface area contributed by atoms with Crippen molar-refractivity contribution in [2.75, 3.05) is 26.3 Å². The number of carboxylic acid groups (broad SMARTS) is 1. The van der Waals surface area contributed by atoms with Gasteiger partial charge in [0.2, 0.25) is 0 Å². The fourth-order valence-electron chi connectivity index (χ4n) is 2.20. The number of ether oxygens (including phenoxy) is 1. The summed E-state index contributed by atoms with van der Waals surface area (Å²) in [6.45, 7) is 9.68. The Balaban J connectivity index is 2.61. The van der Waals surface area contributed by atoms with Crippen LogP contribution in [0.2, 0.25) is 0 Å². The molecule has 0 aromatic heterocycles. The van der Waals surface area contributed by atoms with E-state index in [1.165, 1.54) is 0 Å². The summed E-state index contributed by atoms with van der Waals surface area (Å²) < 4.78 is 5.23. The zero-order chi connectivity index (χ0) is 15.3. The fourth-order valence-corrected chi connectivity index (χ4v) is 2.20. The molecule has 0 saturated carbocycles. The second-order valence-corrected chi connectivity index (χ2v) is 5.74. The lowest BCUT2D eigenvalue weighted by atomic mass is 9.98. The van der Waals surface area contributed by atoms with Gasteiger partial charge in [0.1, 0.15) is 5.92 Å². The Labute approximate surface area is 120 Å². The van der Waals surface area contributed by atoms with Crippen LogP contribution in [0.25, 0.3) is 0 Å². The van der Waals surface area contributed by atoms with Gasteiger partial charge in [-0.1, -0.05) is 20.8 Å². The summed E-state index contributed by atoms with van der Waals surface area (Å²) in [5.74, 6) is -0.669. The molecule has 1 saturated heterocycles. The average molecular weight is 286 g/mol. The summed E-state index contributed by atoms with van der Waals surface area (Å²) in [7, 11) is 0. The molecule has 6 heteroatoms. The molecular weight excluding hydrogens is 260 g/mol. The van der Waals surface area contributed by atoms with Gasteiger partial charge in [-0.25, -0.2) is 4.79 Å². The van der Waals surface area contributed by atoms with Crippen molar-refractivity contribution in [1.82, 2.24) is 10.2 Å². The third kappa shape index (κ3) is 4.10. The van der Waals surface area contributed by atoms with Gasteiger partial charge in [-0.15, -0.1) is 0 Å². The number of likely N-dealkylation sites (N-methyl/N-ethyl adjacent to an activating group) is 1. The normalized spacial score (nSPS) is 23.6. The van der Waals surface area contributed by atoms with Gasteiger partial charge < -0.3 is 20.1 Å². The van der Waals surface area contributed by atoms with Crippen molar-refractivity contribution in [3.05, 3.63) is 0 Å². The molecule has 3 unspecified atom stereocenters. The first-order valence-electron chi connectivity index (χ1n) is 7.23. The summed E-state index contributed by atoms with van der Waals surface area (Å²) in [6.07, 6.45) is 0. The van der Waals surface area contributed by atoms with E-state index in [9.17, 15) is 9.59 Å². The number of carboxylic acids is 1. The Bertz CT molecular complexity index is 346. The van der Waals surface area contributed by atoms with E-state index in [2.05, 4.69) is 26.1 Å². The molecule has 1 fully saturated rings. The number of urea groups is 1. The molecule has 3 atom stereocenters. The summed E-state index contributed by atoms with van der Waals surface area (Å²) in [5, 5.41) is 12.1. The first-order chi connectivity index (χ1) is 9.38. The van der Waals surface area contributed by atoms with Gasteiger partial charge in [-0.3, -0.25) is 4.79 Å². The number of carbonyl (C=O) groups is 2. The SMILES string of the molecule is CCN(C(=O)NCC(C)C(C)C)C1COCC1C(=O)O. The number of amides is 2. The maximum Gasteiger partial charge on any atom is 0.317 e. The topological polar surface area (TPSA) is 78.9 Å². The Morgan fingerprint density at radius 1 is 1.35 bits per heavy atom. The summed E-state index contributed by atoms with van der Waals surface area (Å²) in [6, 6.07) is -0.589. The van der Waals surface area contributed by atoms with Gasteiger partial charge in [0.15, 0.2) is 0 Å². The van der Waals surface area contributed by atoms with Crippen molar-refractivity contribution < 1.29 is 19.4 Å². The maximum absolute atomic E-state index is 12.2. The van der Waals surface area contributed by atoms with Gasteiger partial charge in [-0.05, 0) is 18.8 Å². The first kappa shape index (κ1) is 16.8. The third-order valence-electron chi connectivity index (χ3n) is 4.08. The number of aliphatic carboxylic acids is 1. The van der Waals surface area contributed by atoms with Crippen molar-refractivity contribution in [1.29, 1.82) is 0 Å². The van der Waals surface area contributed by atoms with Gasteiger partial charge in [0, 0.05) is 13.1 Å². The smallest absolute Gasteiger partial charge is 0.317 e. The van der Waals surface area contributed by atoms with Crippen molar-refractivity contribution >= 4 is 12.0 Å². The summed E-state index contributed by atoms with van der Waals surface area (Å²) >= 11 is 0. The highest BCUT2D eigenvalue weighted by Gasteiger charge is 2.39. The highest BCUT2D eigenvalue weighted by atomic mass is 16.5. The number of rotatable bonds is 6.